The van der Waals surface area contributed by atoms with Gasteiger partial charge in [-0.15, -0.1) is 0 Å². The minimum atomic E-state index is -0.00972. The van der Waals surface area contributed by atoms with Crippen molar-refractivity contribution in [3.63, 3.8) is 0 Å². The number of methoxy groups -OCH3 is 1. The smallest absolute Gasteiger partial charge is 0.133 e. The number of halogens is 1. The number of carbonyl (C=O) groups is 1. The fourth-order valence-electron chi connectivity index (χ4n) is 1.38. The quantitative estimate of drug-likeness (QED) is 0.858. The lowest BCUT2D eigenvalue weighted by Crippen LogP contribution is -1.96. The number of aromatic hydroxyl groups is 1. The van der Waals surface area contributed by atoms with E-state index in [0.717, 1.165) is 11.8 Å². The summed E-state index contributed by atoms with van der Waals surface area (Å²) in [7, 11) is 1.56. The highest BCUT2D eigenvalue weighted by Gasteiger charge is 2.13. The summed E-state index contributed by atoms with van der Waals surface area (Å²) in [5.74, 6) is 0.821. The number of ether oxygens (including phenoxy) is 1. The molecule has 15 heavy (non-hydrogen) atoms. The van der Waals surface area contributed by atoms with Gasteiger partial charge in [0.1, 0.15) is 17.8 Å². The third-order valence-electron chi connectivity index (χ3n) is 2.28. The summed E-state index contributed by atoms with van der Waals surface area (Å²) >= 11 is 3.27. The van der Waals surface area contributed by atoms with Crippen LogP contribution in [0.25, 0.3) is 0 Å². The molecule has 3 nitrogen and oxygen atoms in total. The zero-order valence-corrected chi connectivity index (χ0v) is 10.2. The van der Waals surface area contributed by atoms with E-state index in [1.807, 2.05) is 6.92 Å². The largest absolute Gasteiger partial charge is 0.508 e. The zero-order chi connectivity index (χ0) is 11.4. The van der Waals surface area contributed by atoms with Gasteiger partial charge in [0.25, 0.3) is 0 Å². The topological polar surface area (TPSA) is 46.5 Å². The summed E-state index contributed by atoms with van der Waals surface area (Å²) in [5.41, 5.74) is 0.724. The lowest BCUT2D eigenvalue weighted by atomic mass is 9.97. The van der Waals surface area contributed by atoms with Crippen molar-refractivity contribution in [2.24, 2.45) is 0 Å². The van der Waals surface area contributed by atoms with Crippen LogP contribution in [0.5, 0.6) is 11.5 Å². The molecule has 1 aromatic carbocycles. The number of phenolic OH excluding ortho intramolecular Hbond substituents is 1. The van der Waals surface area contributed by atoms with Crippen LogP contribution in [0.15, 0.2) is 16.6 Å². The lowest BCUT2D eigenvalue weighted by Gasteiger charge is -2.13. The van der Waals surface area contributed by atoms with Gasteiger partial charge in [-0.3, -0.25) is 0 Å². The van der Waals surface area contributed by atoms with Crippen molar-refractivity contribution >= 4 is 22.2 Å². The third kappa shape index (κ3) is 2.72. The summed E-state index contributed by atoms with van der Waals surface area (Å²) in [6.45, 7) is 1.89. The molecule has 0 aromatic heterocycles. The normalized spacial score (nSPS) is 12.2. The van der Waals surface area contributed by atoms with Crippen molar-refractivity contribution in [3.05, 3.63) is 22.2 Å². The summed E-state index contributed by atoms with van der Waals surface area (Å²) in [6, 6.07) is 3.32. The van der Waals surface area contributed by atoms with E-state index in [-0.39, 0.29) is 11.7 Å². The van der Waals surface area contributed by atoms with Crippen molar-refractivity contribution in [1.82, 2.24) is 0 Å². The number of carbonyl (C=O) groups excluding carboxylic acids is 1. The number of hydrogen-bond acceptors (Lipinski definition) is 3. The Balaban J connectivity index is 3.11. The zero-order valence-electron chi connectivity index (χ0n) is 8.66. The van der Waals surface area contributed by atoms with Crippen LogP contribution in [0, 0.1) is 0 Å². The number of phenols is 1. The fourth-order valence-corrected chi connectivity index (χ4v) is 1.87. The van der Waals surface area contributed by atoms with Gasteiger partial charge in [-0.05, 0) is 34.0 Å². The molecule has 0 saturated heterocycles. The maximum atomic E-state index is 10.4. The maximum Gasteiger partial charge on any atom is 0.133 e. The van der Waals surface area contributed by atoms with Crippen molar-refractivity contribution in [1.29, 1.82) is 0 Å². The van der Waals surface area contributed by atoms with E-state index in [2.05, 4.69) is 15.9 Å². The Labute approximate surface area is 97.2 Å². The van der Waals surface area contributed by atoms with Crippen LogP contribution in [0.3, 0.4) is 0 Å². The Bertz CT molecular complexity index is 363. The second-order valence-corrected chi connectivity index (χ2v) is 4.20. The van der Waals surface area contributed by atoms with Crippen molar-refractivity contribution in [3.8, 4) is 11.5 Å². The number of benzene rings is 1. The molecule has 1 rings (SSSR count). The molecule has 0 aliphatic carbocycles. The summed E-state index contributed by atoms with van der Waals surface area (Å²) in [4.78, 5) is 10.4. The number of aldehydes is 1. The molecule has 0 fully saturated rings. The Morgan fingerprint density at radius 1 is 1.60 bits per heavy atom. The van der Waals surface area contributed by atoms with Gasteiger partial charge in [-0.25, -0.2) is 0 Å². The molecule has 0 heterocycles. The average molecular weight is 273 g/mol. The van der Waals surface area contributed by atoms with Crippen molar-refractivity contribution in [2.75, 3.05) is 7.11 Å². The Morgan fingerprint density at radius 3 is 2.80 bits per heavy atom. The second kappa shape index (κ2) is 5.16. The van der Waals surface area contributed by atoms with Crippen LogP contribution in [-0.4, -0.2) is 18.5 Å². The van der Waals surface area contributed by atoms with E-state index in [0.29, 0.717) is 16.6 Å². The van der Waals surface area contributed by atoms with Gasteiger partial charge in [0.2, 0.25) is 0 Å². The highest BCUT2D eigenvalue weighted by atomic mass is 79.9. The predicted molar refractivity (Wildman–Crippen MR) is 61.5 cm³/mol. The fraction of sp³-hybridized carbons (Fsp3) is 0.364. The first-order valence-corrected chi connectivity index (χ1v) is 5.39. The van der Waals surface area contributed by atoms with E-state index in [1.165, 1.54) is 0 Å². The van der Waals surface area contributed by atoms with Gasteiger partial charge in [0, 0.05) is 12.0 Å². The van der Waals surface area contributed by atoms with Crippen molar-refractivity contribution in [2.45, 2.75) is 19.3 Å². The summed E-state index contributed by atoms with van der Waals surface area (Å²) in [6.07, 6.45) is 1.23. The second-order valence-electron chi connectivity index (χ2n) is 3.35. The van der Waals surface area contributed by atoms with E-state index in [9.17, 15) is 9.90 Å². The maximum absolute atomic E-state index is 10.4. The summed E-state index contributed by atoms with van der Waals surface area (Å²) in [5, 5.41) is 9.71. The highest BCUT2D eigenvalue weighted by Crippen LogP contribution is 2.36. The molecule has 0 bridgehead atoms. The molecule has 0 radical (unpaired) electrons. The first-order chi connectivity index (χ1) is 7.10. The molecular formula is C11H13BrO3. The van der Waals surface area contributed by atoms with Crippen LogP contribution in [-0.2, 0) is 4.79 Å². The molecule has 0 spiro atoms. The Morgan fingerprint density at radius 2 is 2.27 bits per heavy atom. The minimum Gasteiger partial charge on any atom is -0.508 e. The molecule has 1 atom stereocenters. The molecule has 1 aromatic rings. The summed E-state index contributed by atoms with van der Waals surface area (Å²) < 4.78 is 5.82. The number of hydrogen-bond donors (Lipinski definition) is 1. The third-order valence-corrected chi connectivity index (χ3v) is 2.90. The highest BCUT2D eigenvalue weighted by molar-refractivity contribution is 9.10. The predicted octanol–water partition coefficient (Wildman–Crippen LogP) is 2.86. The van der Waals surface area contributed by atoms with Crippen molar-refractivity contribution < 1.29 is 14.6 Å². The minimum absolute atomic E-state index is 0.00972. The standard InChI is InChI=1S/C11H13BrO3/c1-7(3-4-13)8-5-11(15-2)9(12)6-10(8)14/h4-7,14H,3H2,1-2H3. The first-order valence-electron chi connectivity index (χ1n) is 4.60. The van der Waals surface area contributed by atoms with E-state index in [1.54, 1.807) is 19.2 Å². The Kier molecular flexibility index (Phi) is 4.15. The van der Waals surface area contributed by atoms with Crippen LogP contribution >= 0.6 is 15.9 Å². The lowest BCUT2D eigenvalue weighted by molar-refractivity contribution is -0.108. The van der Waals surface area contributed by atoms with Gasteiger partial charge in [-0.2, -0.15) is 0 Å². The first kappa shape index (κ1) is 12.0. The molecule has 0 aliphatic rings. The van der Waals surface area contributed by atoms with Gasteiger partial charge in [0.05, 0.1) is 11.6 Å². The van der Waals surface area contributed by atoms with Gasteiger partial charge in [-0.1, -0.05) is 6.92 Å². The SMILES string of the molecule is COc1cc(C(C)CC=O)c(O)cc1Br. The van der Waals surface area contributed by atoms with Crippen LogP contribution in [0.1, 0.15) is 24.8 Å². The Hall–Kier alpha value is -1.03. The molecule has 4 heteroatoms. The molecule has 1 unspecified atom stereocenters. The van der Waals surface area contributed by atoms with Gasteiger partial charge < -0.3 is 14.6 Å². The molecule has 1 N–H and O–H groups in total. The van der Waals surface area contributed by atoms with Crippen LogP contribution in [0.4, 0.5) is 0 Å². The van der Waals surface area contributed by atoms with E-state index >= 15 is 0 Å². The average Bonchev–Trinajstić information content (AvgIpc) is 2.18. The monoisotopic (exact) mass is 272 g/mol. The molecule has 0 saturated carbocycles. The van der Waals surface area contributed by atoms with Crippen LogP contribution < -0.4 is 4.74 Å². The molecule has 82 valence electrons. The molecular weight excluding hydrogens is 260 g/mol. The van der Waals surface area contributed by atoms with Gasteiger partial charge >= 0.3 is 0 Å². The molecule has 0 aliphatic heterocycles. The van der Waals surface area contributed by atoms with E-state index < -0.39 is 0 Å². The van der Waals surface area contributed by atoms with Gasteiger partial charge in [0.15, 0.2) is 0 Å². The van der Waals surface area contributed by atoms with Crippen LogP contribution in [0.2, 0.25) is 0 Å². The number of rotatable bonds is 4. The van der Waals surface area contributed by atoms with E-state index in [4.69, 9.17) is 4.74 Å². The molecule has 0 amide bonds.